The molecule has 1 aromatic heterocycles. The third-order valence-corrected chi connectivity index (χ3v) is 5.07. The molecule has 0 saturated heterocycles. The molecule has 0 fully saturated rings. The number of allylic oxidation sites excluding steroid dienone is 3. The highest BCUT2D eigenvalue weighted by molar-refractivity contribution is 5.90. The Kier molecular flexibility index (Phi) is 3.91. The Morgan fingerprint density at radius 3 is 2.88 bits per heavy atom. The highest BCUT2D eigenvalue weighted by Crippen LogP contribution is 2.33. The molecular weight excluding hydrogens is 310 g/mol. The van der Waals surface area contributed by atoms with Gasteiger partial charge in [0.15, 0.2) is 0 Å². The first-order valence-electron chi connectivity index (χ1n) is 9.14. The van der Waals surface area contributed by atoms with E-state index in [4.69, 9.17) is 0 Å². The third-order valence-electron chi connectivity index (χ3n) is 5.07. The van der Waals surface area contributed by atoms with Gasteiger partial charge < -0.3 is 15.2 Å². The minimum atomic E-state index is 0.107. The molecule has 1 aromatic carbocycles. The Morgan fingerprint density at radius 2 is 2.08 bits per heavy atom. The van der Waals surface area contributed by atoms with Gasteiger partial charge in [-0.1, -0.05) is 12.1 Å². The van der Waals surface area contributed by atoms with E-state index in [0.29, 0.717) is 12.5 Å². The molecule has 130 valence electrons. The molecule has 1 aliphatic carbocycles. The van der Waals surface area contributed by atoms with E-state index in [1.807, 2.05) is 0 Å². The van der Waals surface area contributed by atoms with Crippen LogP contribution in [0.1, 0.15) is 51.6 Å². The fraction of sp³-hybridized carbons (Fsp3) is 0.381. The van der Waals surface area contributed by atoms with Gasteiger partial charge in [-0.05, 0) is 57.4 Å². The molecule has 2 aliphatic rings. The average Bonchev–Trinajstić information content (AvgIpc) is 2.92. The summed E-state index contributed by atoms with van der Waals surface area (Å²) < 4.78 is 2.30. The van der Waals surface area contributed by atoms with Crippen molar-refractivity contribution in [2.24, 2.45) is 0 Å². The number of hydrogen-bond donors (Lipinski definition) is 2. The lowest BCUT2D eigenvalue weighted by molar-refractivity contribution is -0.120. The summed E-state index contributed by atoms with van der Waals surface area (Å²) in [5, 5.41) is 7.91. The predicted molar refractivity (Wildman–Crippen MR) is 102 cm³/mol. The van der Waals surface area contributed by atoms with Gasteiger partial charge in [-0.3, -0.25) is 4.79 Å². The van der Waals surface area contributed by atoms with Crippen molar-refractivity contribution in [3.05, 3.63) is 53.5 Å². The quantitative estimate of drug-likeness (QED) is 0.867. The topological polar surface area (TPSA) is 46.1 Å². The fourth-order valence-corrected chi connectivity index (χ4v) is 3.88. The van der Waals surface area contributed by atoms with Crippen LogP contribution in [-0.2, 0) is 4.79 Å². The molecule has 2 aromatic rings. The summed E-state index contributed by atoms with van der Waals surface area (Å²) in [4.78, 5) is 12.0. The largest absolute Gasteiger partial charge is 0.380 e. The molecule has 25 heavy (non-hydrogen) atoms. The van der Waals surface area contributed by atoms with Gasteiger partial charge in [0.2, 0.25) is 5.91 Å². The minimum Gasteiger partial charge on any atom is -0.380 e. The van der Waals surface area contributed by atoms with E-state index in [2.05, 4.69) is 72.5 Å². The number of amides is 1. The Hall–Kier alpha value is -2.49. The molecule has 2 N–H and O–H groups in total. The van der Waals surface area contributed by atoms with Crippen molar-refractivity contribution in [1.29, 1.82) is 0 Å². The van der Waals surface area contributed by atoms with Crippen LogP contribution in [0.5, 0.6) is 0 Å². The molecule has 4 rings (SSSR count). The van der Waals surface area contributed by atoms with Gasteiger partial charge >= 0.3 is 0 Å². The molecule has 0 spiro atoms. The van der Waals surface area contributed by atoms with E-state index in [1.165, 1.54) is 22.0 Å². The predicted octanol–water partition coefficient (Wildman–Crippen LogP) is 4.11. The highest BCUT2D eigenvalue weighted by Gasteiger charge is 2.25. The van der Waals surface area contributed by atoms with E-state index in [-0.39, 0.29) is 11.9 Å². The van der Waals surface area contributed by atoms with Crippen LogP contribution in [0.25, 0.3) is 16.5 Å². The normalized spacial score (nSPS) is 20.9. The zero-order valence-corrected chi connectivity index (χ0v) is 15.1. The second-order valence-corrected chi connectivity index (χ2v) is 7.40. The lowest BCUT2D eigenvalue weighted by Gasteiger charge is -2.23. The Labute approximate surface area is 148 Å². The second kappa shape index (κ2) is 6.10. The summed E-state index contributed by atoms with van der Waals surface area (Å²) in [7, 11) is 0. The van der Waals surface area contributed by atoms with Crippen LogP contribution in [-0.4, -0.2) is 16.5 Å². The number of fused-ring (bicyclic) bond motifs is 1. The number of hydrogen-bond acceptors (Lipinski definition) is 2. The summed E-state index contributed by atoms with van der Waals surface area (Å²) >= 11 is 0. The van der Waals surface area contributed by atoms with Crippen molar-refractivity contribution in [3.8, 4) is 0 Å². The molecule has 0 bridgehead atoms. The van der Waals surface area contributed by atoms with Gasteiger partial charge in [0.1, 0.15) is 0 Å². The van der Waals surface area contributed by atoms with Crippen molar-refractivity contribution in [2.45, 2.75) is 52.1 Å². The van der Waals surface area contributed by atoms with E-state index in [9.17, 15) is 4.79 Å². The first-order chi connectivity index (χ1) is 12.0. The molecule has 4 nitrogen and oxygen atoms in total. The van der Waals surface area contributed by atoms with Crippen LogP contribution in [0, 0.1) is 0 Å². The highest BCUT2D eigenvalue weighted by atomic mass is 16.1. The zero-order valence-electron chi connectivity index (χ0n) is 15.1. The Balaban J connectivity index is 1.77. The van der Waals surface area contributed by atoms with Crippen molar-refractivity contribution >= 4 is 22.4 Å². The molecule has 0 saturated carbocycles. The van der Waals surface area contributed by atoms with Crippen molar-refractivity contribution in [2.75, 3.05) is 0 Å². The second-order valence-electron chi connectivity index (χ2n) is 7.40. The minimum absolute atomic E-state index is 0.107. The van der Waals surface area contributed by atoms with Crippen LogP contribution < -0.4 is 10.6 Å². The van der Waals surface area contributed by atoms with Crippen molar-refractivity contribution in [1.82, 2.24) is 15.2 Å². The average molecular weight is 335 g/mol. The lowest BCUT2D eigenvalue weighted by Crippen LogP contribution is -2.27. The van der Waals surface area contributed by atoms with E-state index >= 15 is 0 Å². The van der Waals surface area contributed by atoms with Crippen LogP contribution >= 0.6 is 0 Å². The zero-order chi connectivity index (χ0) is 17.6. The number of nitrogens with one attached hydrogen (secondary N) is 2. The van der Waals surface area contributed by atoms with E-state index < -0.39 is 0 Å². The number of rotatable bonds is 2. The fourth-order valence-electron chi connectivity index (χ4n) is 3.88. The SMILES string of the molecule is CC(C)n1ccc2cc(C3=CCCC4=C3N[C@H](C)CC(=O)N4)ccc21. The Bertz CT molecular complexity index is 901. The smallest absolute Gasteiger partial charge is 0.226 e. The van der Waals surface area contributed by atoms with Gasteiger partial charge in [-0.2, -0.15) is 0 Å². The molecule has 4 heteroatoms. The van der Waals surface area contributed by atoms with Crippen molar-refractivity contribution in [3.63, 3.8) is 0 Å². The number of nitrogens with zero attached hydrogens (tertiary/aromatic N) is 1. The van der Waals surface area contributed by atoms with Gasteiger partial charge in [0.05, 0.1) is 5.70 Å². The molecule has 1 aliphatic heterocycles. The van der Waals surface area contributed by atoms with Gasteiger partial charge in [-0.25, -0.2) is 0 Å². The van der Waals surface area contributed by atoms with E-state index in [1.54, 1.807) is 0 Å². The Morgan fingerprint density at radius 1 is 1.24 bits per heavy atom. The lowest BCUT2D eigenvalue weighted by atomic mass is 9.93. The first kappa shape index (κ1) is 16.0. The van der Waals surface area contributed by atoms with E-state index in [0.717, 1.165) is 24.2 Å². The number of benzene rings is 1. The van der Waals surface area contributed by atoms with Crippen molar-refractivity contribution < 1.29 is 4.79 Å². The summed E-state index contributed by atoms with van der Waals surface area (Å²) in [5.74, 6) is 0.107. The molecule has 0 radical (unpaired) electrons. The van der Waals surface area contributed by atoms with Crippen LogP contribution in [0.4, 0.5) is 0 Å². The standard InChI is InChI=1S/C21H25N3O/c1-13(2)24-10-9-16-12-15(7-8-19(16)24)17-5-4-6-18-21(17)22-14(3)11-20(25)23-18/h5,7-10,12-14,22H,4,6,11H2,1-3H3,(H,23,25)/t14-/m1/s1. The number of aromatic nitrogens is 1. The maximum Gasteiger partial charge on any atom is 0.226 e. The first-order valence-corrected chi connectivity index (χ1v) is 9.14. The van der Waals surface area contributed by atoms with Gasteiger partial charge in [0, 0.05) is 46.9 Å². The van der Waals surface area contributed by atoms with Gasteiger partial charge in [0.25, 0.3) is 0 Å². The summed E-state index contributed by atoms with van der Waals surface area (Å²) in [6.07, 6.45) is 6.80. The maximum absolute atomic E-state index is 12.0. The van der Waals surface area contributed by atoms with Crippen LogP contribution in [0.15, 0.2) is 47.9 Å². The number of carbonyl (C=O) groups excluding carboxylic acids is 1. The third kappa shape index (κ3) is 2.86. The van der Waals surface area contributed by atoms with Crippen LogP contribution in [0.3, 0.4) is 0 Å². The van der Waals surface area contributed by atoms with Crippen LogP contribution in [0.2, 0.25) is 0 Å². The molecule has 1 amide bonds. The monoisotopic (exact) mass is 335 g/mol. The molecular formula is C21H25N3O. The summed E-state index contributed by atoms with van der Waals surface area (Å²) in [5.41, 5.74) is 5.80. The molecule has 0 unspecified atom stereocenters. The maximum atomic E-state index is 12.0. The molecule has 1 atom stereocenters. The summed E-state index contributed by atoms with van der Waals surface area (Å²) in [6, 6.07) is 9.43. The molecule has 2 heterocycles. The van der Waals surface area contributed by atoms with Gasteiger partial charge in [-0.15, -0.1) is 0 Å². The summed E-state index contributed by atoms with van der Waals surface area (Å²) in [6.45, 7) is 6.47. The number of carbonyl (C=O) groups is 1.